The molecule has 26 heavy (non-hydrogen) atoms. The molecule has 8 nitrogen and oxygen atoms in total. The molecule has 0 aliphatic heterocycles. The molecule has 0 heterocycles. The van der Waals surface area contributed by atoms with Crippen LogP contribution in [-0.4, -0.2) is 38.2 Å². The standard InChI is InChI=1S/C17H19N3O5S/c1-19(2)17(21)12-5-13-3-6-14(7-4-13)18-26(24,25)16-10-8-15(9-11-16)20(22)23/h3-4,6-11,18H,5,12H2,1-2H3. The number of hydrogen-bond acceptors (Lipinski definition) is 5. The van der Waals surface area contributed by atoms with Crippen LogP contribution < -0.4 is 4.72 Å². The maximum atomic E-state index is 12.3. The number of anilines is 1. The first-order valence-corrected chi connectivity index (χ1v) is 9.24. The molecule has 0 aliphatic rings. The lowest BCUT2D eigenvalue weighted by atomic mass is 10.1. The van der Waals surface area contributed by atoms with Gasteiger partial charge >= 0.3 is 0 Å². The van der Waals surface area contributed by atoms with E-state index in [2.05, 4.69) is 4.72 Å². The molecule has 0 aromatic heterocycles. The topological polar surface area (TPSA) is 110 Å². The van der Waals surface area contributed by atoms with Gasteiger partial charge in [0.15, 0.2) is 0 Å². The molecule has 0 atom stereocenters. The highest BCUT2D eigenvalue weighted by Gasteiger charge is 2.16. The van der Waals surface area contributed by atoms with Crippen LogP contribution in [-0.2, 0) is 21.2 Å². The minimum atomic E-state index is -3.84. The molecule has 0 spiro atoms. The van der Waals surface area contributed by atoms with Crippen molar-refractivity contribution in [2.45, 2.75) is 17.7 Å². The van der Waals surface area contributed by atoms with E-state index < -0.39 is 14.9 Å². The van der Waals surface area contributed by atoms with Crippen molar-refractivity contribution in [3.8, 4) is 0 Å². The number of sulfonamides is 1. The number of rotatable bonds is 7. The van der Waals surface area contributed by atoms with Gasteiger partial charge in [-0.05, 0) is 36.2 Å². The fourth-order valence-corrected chi connectivity index (χ4v) is 3.23. The molecule has 0 saturated heterocycles. The van der Waals surface area contributed by atoms with Crippen molar-refractivity contribution in [1.29, 1.82) is 0 Å². The van der Waals surface area contributed by atoms with Gasteiger partial charge in [-0.3, -0.25) is 19.6 Å². The van der Waals surface area contributed by atoms with Gasteiger partial charge in [-0.15, -0.1) is 0 Å². The molecule has 2 aromatic carbocycles. The Morgan fingerprint density at radius 2 is 1.65 bits per heavy atom. The predicted octanol–water partition coefficient (Wildman–Crippen LogP) is 2.42. The van der Waals surface area contributed by atoms with Gasteiger partial charge in [-0.25, -0.2) is 8.42 Å². The van der Waals surface area contributed by atoms with E-state index >= 15 is 0 Å². The molecule has 0 unspecified atom stereocenters. The summed E-state index contributed by atoms with van der Waals surface area (Å²) >= 11 is 0. The van der Waals surface area contributed by atoms with Crippen LogP contribution in [0.3, 0.4) is 0 Å². The molecular weight excluding hydrogens is 358 g/mol. The summed E-state index contributed by atoms with van der Waals surface area (Å²) in [6.07, 6.45) is 0.938. The lowest BCUT2D eigenvalue weighted by Crippen LogP contribution is -2.21. The van der Waals surface area contributed by atoms with Crippen LogP contribution >= 0.6 is 0 Å². The van der Waals surface area contributed by atoms with Crippen LogP contribution in [0.5, 0.6) is 0 Å². The van der Waals surface area contributed by atoms with Gasteiger partial charge in [0.1, 0.15) is 0 Å². The summed E-state index contributed by atoms with van der Waals surface area (Å²) in [7, 11) is -0.453. The van der Waals surface area contributed by atoms with Crippen molar-refractivity contribution in [3.63, 3.8) is 0 Å². The Balaban J connectivity index is 2.05. The van der Waals surface area contributed by atoms with Gasteiger partial charge in [0, 0.05) is 38.3 Å². The van der Waals surface area contributed by atoms with E-state index in [1.807, 2.05) is 0 Å². The van der Waals surface area contributed by atoms with Crippen LogP contribution in [0.4, 0.5) is 11.4 Å². The number of nitro groups is 1. The Kier molecular flexibility index (Phi) is 5.93. The third-order valence-corrected chi connectivity index (χ3v) is 5.09. The Labute approximate surface area is 151 Å². The second-order valence-corrected chi connectivity index (χ2v) is 7.52. The van der Waals surface area contributed by atoms with Crippen LogP contribution in [0.25, 0.3) is 0 Å². The molecule has 0 fully saturated rings. The average Bonchev–Trinajstić information content (AvgIpc) is 2.60. The molecule has 2 rings (SSSR count). The van der Waals surface area contributed by atoms with E-state index in [-0.39, 0.29) is 16.5 Å². The molecular formula is C17H19N3O5S. The smallest absolute Gasteiger partial charge is 0.269 e. The second-order valence-electron chi connectivity index (χ2n) is 5.84. The highest BCUT2D eigenvalue weighted by molar-refractivity contribution is 7.92. The summed E-state index contributed by atoms with van der Waals surface area (Å²) in [6, 6.07) is 11.4. The first-order valence-electron chi connectivity index (χ1n) is 7.75. The number of benzene rings is 2. The van der Waals surface area contributed by atoms with Crippen LogP contribution in [0.15, 0.2) is 53.4 Å². The van der Waals surface area contributed by atoms with Crippen molar-refractivity contribution in [2.75, 3.05) is 18.8 Å². The molecule has 0 aliphatic carbocycles. The summed E-state index contributed by atoms with van der Waals surface area (Å²) in [5.41, 5.74) is 1.10. The average molecular weight is 377 g/mol. The Morgan fingerprint density at radius 1 is 1.08 bits per heavy atom. The van der Waals surface area contributed by atoms with Gasteiger partial charge in [-0.1, -0.05) is 12.1 Å². The summed E-state index contributed by atoms with van der Waals surface area (Å²) in [4.78, 5) is 23.1. The highest BCUT2D eigenvalue weighted by Crippen LogP contribution is 2.20. The SMILES string of the molecule is CN(C)C(=O)CCc1ccc(NS(=O)(=O)c2ccc([N+](=O)[O-])cc2)cc1. The lowest BCUT2D eigenvalue weighted by Gasteiger charge is -2.11. The number of nitro benzene ring substituents is 1. The number of nitrogens with one attached hydrogen (secondary N) is 1. The molecule has 2 aromatic rings. The zero-order valence-corrected chi connectivity index (χ0v) is 15.2. The molecule has 138 valence electrons. The molecule has 0 saturated carbocycles. The van der Waals surface area contributed by atoms with E-state index in [1.165, 1.54) is 17.0 Å². The van der Waals surface area contributed by atoms with E-state index in [4.69, 9.17) is 0 Å². The van der Waals surface area contributed by atoms with Crippen molar-refractivity contribution in [3.05, 3.63) is 64.2 Å². The molecule has 0 bridgehead atoms. The van der Waals surface area contributed by atoms with E-state index in [0.29, 0.717) is 18.5 Å². The highest BCUT2D eigenvalue weighted by atomic mass is 32.2. The van der Waals surface area contributed by atoms with E-state index in [9.17, 15) is 23.3 Å². The number of non-ortho nitro benzene ring substituents is 1. The first-order chi connectivity index (χ1) is 12.2. The molecule has 0 radical (unpaired) electrons. The van der Waals surface area contributed by atoms with Crippen molar-refractivity contribution in [1.82, 2.24) is 4.90 Å². The number of carbonyl (C=O) groups is 1. The van der Waals surface area contributed by atoms with Gasteiger partial charge in [0.2, 0.25) is 5.91 Å². The van der Waals surface area contributed by atoms with E-state index in [1.54, 1.807) is 38.4 Å². The normalized spacial score (nSPS) is 11.0. The monoisotopic (exact) mass is 377 g/mol. The van der Waals surface area contributed by atoms with Crippen molar-refractivity contribution < 1.29 is 18.1 Å². The number of nitrogens with zero attached hydrogens (tertiary/aromatic N) is 2. The van der Waals surface area contributed by atoms with Gasteiger partial charge in [0.05, 0.1) is 9.82 Å². The fourth-order valence-electron chi connectivity index (χ4n) is 2.18. The minimum Gasteiger partial charge on any atom is -0.349 e. The molecule has 1 N–H and O–H groups in total. The van der Waals surface area contributed by atoms with Crippen molar-refractivity contribution >= 4 is 27.3 Å². The summed E-state index contributed by atoms with van der Waals surface area (Å²) in [5, 5.41) is 10.6. The number of hydrogen-bond donors (Lipinski definition) is 1. The summed E-state index contributed by atoms with van der Waals surface area (Å²) in [6.45, 7) is 0. The van der Waals surface area contributed by atoms with Crippen molar-refractivity contribution in [2.24, 2.45) is 0 Å². The number of amides is 1. The summed E-state index contributed by atoms with van der Waals surface area (Å²) in [5.74, 6) is 0.0213. The Bertz CT molecular complexity index is 891. The molecule has 1 amide bonds. The second kappa shape index (κ2) is 7.96. The van der Waals surface area contributed by atoms with Gasteiger partial charge in [0.25, 0.3) is 15.7 Å². The van der Waals surface area contributed by atoms with Gasteiger partial charge < -0.3 is 4.90 Å². The van der Waals surface area contributed by atoms with Crippen LogP contribution in [0.1, 0.15) is 12.0 Å². The predicted molar refractivity (Wildman–Crippen MR) is 97.4 cm³/mol. The first kappa shape index (κ1) is 19.4. The quantitative estimate of drug-likeness (QED) is 0.589. The maximum Gasteiger partial charge on any atom is 0.269 e. The zero-order chi connectivity index (χ0) is 19.3. The van der Waals surface area contributed by atoms with Crippen LogP contribution in [0, 0.1) is 10.1 Å². The lowest BCUT2D eigenvalue weighted by molar-refractivity contribution is -0.384. The van der Waals surface area contributed by atoms with Gasteiger partial charge in [-0.2, -0.15) is 0 Å². The van der Waals surface area contributed by atoms with Crippen LogP contribution in [0.2, 0.25) is 0 Å². The summed E-state index contributed by atoms with van der Waals surface area (Å²) < 4.78 is 27.1. The number of carbonyl (C=O) groups excluding carboxylic acids is 1. The zero-order valence-electron chi connectivity index (χ0n) is 14.4. The minimum absolute atomic E-state index is 0.0213. The van der Waals surface area contributed by atoms with E-state index in [0.717, 1.165) is 17.7 Å². The molecule has 9 heteroatoms. The Morgan fingerprint density at radius 3 is 2.15 bits per heavy atom. The fraction of sp³-hybridized carbons (Fsp3) is 0.235. The maximum absolute atomic E-state index is 12.3. The third kappa shape index (κ3) is 5.03. The largest absolute Gasteiger partial charge is 0.349 e. The number of aryl methyl sites for hydroxylation is 1. The Hall–Kier alpha value is -2.94. The third-order valence-electron chi connectivity index (χ3n) is 3.69.